The van der Waals surface area contributed by atoms with Gasteiger partial charge in [0.25, 0.3) is 21.2 Å². The number of aromatic amines is 1. The fourth-order valence-electron chi connectivity index (χ4n) is 5.01. The van der Waals surface area contributed by atoms with Crippen molar-refractivity contribution in [3.63, 3.8) is 0 Å². The second-order valence-corrected chi connectivity index (χ2v) is 12.2. The molecule has 0 spiro atoms. The Bertz CT molecular complexity index is 1700. The van der Waals surface area contributed by atoms with Crippen molar-refractivity contribution >= 4 is 32.6 Å². The summed E-state index contributed by atoms with van der Waals surface area (Å²) in [6.45, 7) is -1.39. The highest BCUT2D eigenvalue weighted by Gasteiger charge is 2.50. The lowest BCUT2D eigenvalue weighted by Crippen LogP contribution is -2.40. The molecule has 2 unspecified atom stereocenters. The van der Waals surface area contributed by atoms with E-state index in [1.807, 2.05) is 4.98 Å². The quantitative estimate of drug-likeness (QED) is 0.293. The van der Waals surface area contributed by atoms with Gasteiger partial charge in [0.15, 0.2) is 23.9 Å². The Morgan fingerprint density at radius 1 is 1.02 bits per heavy atom. The van der Waals surface area contributed by atoms with Gasteiger partial charge in [0.05, 0.1) is 25.6 Å². The van der Waals surface area contributed by atoms with Gasteiger partial charge >= 0.3 is 5.69 Å². The summed E-state index contributed by atoms with van der Waals surface area (Å²) in [6.07, 6.45) is -5.59. The van der Waals surface area contributed by atoms with Crippen LogP contribution in [-0.4, -0.2) is 79.9 Å². The minimum Gasteiger partial charge on any atom is -0.756 e. The molecule has 42 heavy (non-hydrogen) atoms. The number of nitrogens with zero attached hydrogens (tertiary/aromatic N) is 5. The Morgan fingerprint density at radius 3 is 2.55 bits per heavy atom. The number of nitrogen functional groups attached to an aromatic ring is 1. The predicted molar refractivity (Wildman–Crippen MR) is 131 cm³/mol. The van der Waals surface area contributed by atoms with E-state index in [9.17, 15) is 28.5 Å². The first-order valence-electron chi connectivity index (χ1n) is 12.3. The number of aromatic nitrogens is 6. The summed E-state index contributed by atoms with van der Waals surface area (Å²) in [5, 5.41) is 0. The predicted octanol–water partition coefficient (Wildman–Crippen LogP) is -2.09. The number of ether oxygens (including phenoxy) is 3. The number of fused-ring (bicyclic) bond motifs is 4. The molecule has 0 aromatic carbocycles. The third kappa shape index (κ3) is 5.59. The van der Waals surface area contributed by atoms with Crippen LogP contribution in [0.4, 0.5) is 5.82 Å². The van der Waals surface area contributed by atoms with Crippen LogP contribution in [0.2, 0.25) is 0 Å². The van der Waals surface area contributed by atoms with E-state index < -0.39 is 83.1 Å². The van der Waals surface area contributed by atoms with Crippen molar-refractivity contribution in [3.05, 3.63) is 45.8 Å². The zero-order chi connectivity index (χ0) is 29.8. The summed E-state index contributed by atoms with van der Waals surface area (Å²) in [4.78, 5) is 64.0. The lowest BCUT2D eigenvalue weighted by atomic mass is 10.1. The van der Waals surface area contributed by atoms with E-state index in [0.717, 1.165) is 16.8 Å². The van der Waals surface area contributed by atoms with E-state index >= 15 is 0 Å². The fraction of sp³-hybridized carbons (Fsp3) is 0.550. The maximum atomic E-state index is 13.0. The van der Waals surface area contributed by atoms with Crippen molar-refractivity contribution in [1.29, 1.82) is 0 Å². The molecule has 3 aromatic heterocycles. The number of hydrogen-bond acceptors (Lipinski definition) is 17. The number of hydrogen-bond donors (Lipinski definition) is 2. The molecular weight excluding hydrogens is 608 g/mol. The highest BCUT2D eigenvalue weighted by molar-refractivity contribution is 7.46. The van der Waals surface area contributed by atoms with E-state index in [2.05, 4.69) is 15.0 Å². The second-order valence-electron chi connectivity index (χ2n) is 9.45. The third-order valence-electron chi connectivity index (χ3n) is 6.82. The zero-order valence-corrected chi connectivity index (χ0v) is 23.3. The number of H-pyrrole nitrogens is 1. The topological polar surface area (TPSA) is 269 Å². The molecule has 3 aliphatic heterocycles. The average Bonchev–Trinajstić information content (AvgIpc) is 3.61. The van der Waals surface area contributed by atoms with Gasteiger partial charge in [-0.2, -0.15) is 0 Å². The number of imidazole rings is 1. The van der Waals surface area contributed by atoms with Gasteiger partial charge in [0.2, 0.25) is 0 Å². The standard InChI is InChI=1S/C20H25N7O13P2/c1-34-15-14-11(38-19(15)26-3-2-12(28)25-20(26)29)6-36-41(30,31)39-10-4-9(5-35-42(32,33)40-14)37-18(10)27-8-24-13-16(21)22-7-23-17(13)27/h2-3,7-11,14-15,18-19H,4-6H2,1H3,(H,30,31)(H,32,33)(H2,21,22,23)(H,25,28,29)/p-2/t9-,10+,11+,14+,15+,18+,19+/m0/s1. The Balaban J connectivity index is 1.31. The molecule has 0 aliphatic carbocycles. The van der Waals surface area contributed by atoms with Crippen LogP contribution in [0.15, 0.2) is 34.5 Å². The molecule has 0 saturated carbocycles. The van der Waals surface area contributed by atoms with Crippen molar-refractivity contribution in [3.8, 4) is 0 Å². The minimum absolute atomic E-state index is 0.0708. The van der Waals surface area contributed by atoms with E-state index in [-0.39, 0.29) is 23.4 Å². The molecule has 6 heterocycles. The monoisotopic (exact) mass is 631 g/mol. The maximum Gasteiger partial charge on any atom is 0.330 e. The summed E-state index contributed by atoms with van der Waals surface area (Å²) in [5.74, 6) is 0.0708. The van der Waals surface area contributed by atoms with Crippen LogP contribution in [0.1, 0.15) is 18.9 Å². The summed E-state index contributed by atoms with van der Waals surface area (Å²) in [6, 6.07) is 1.03. The molecule has 3 saturated heterocycles. The highest BCUT2D eigenvalue weighted by atomic mass is 31.2. The molecule has 3 aliphatic rings. The molecule has 6 rings (SSSR count). The van der Waals surface area contributed by atoms with Crippen molar-refractivity contribution in [2.45, 2.75) is 49.4 Å². The van der Waals surface area contributed by atoms with Gasteiger partial charge in [-0.25, -0.2) is 19.7 Å². The van der Waals surface area contributed by atoms with Gasteiger partial charge in [-0.1, -0.05) is 0 Å². The Morgan fingerprint density at radius 2 is 1.79 bits per heavy atom. The number of nitrogens with two attached hydrogens (primary N) is 1. The van der Waals surface area contributed by atoms with Crippen LogP contribution in [-0.2, 0) is 41.4 Å². The molecule has 0 radical (unpaired) electrons. The van der Waals surface area contributed by atoms with E-state index in [0.29, 0.717) is 0 Å². The number of rotatable bonds is 3. The largest absolute Gasteiger partial charge is 0.756 e. The van der Waals surface area contributed by atoms with E-state index in [1.54, 1.807) is 0 Å². The van der Waals surface area contributed by atoms with Crippen LogP contribution in [0.25, 0.3) is 11.2 Å². The molecule has 2 bridgehead atoms. The molecule has 3 aromatic rings. The SMILES string of the molecule is CO[C@@H]1[C@@H]2OP(=O)([O-])OC[C@@H]3C[C@@H](OP(=O)([O-])OC[C@H]2O[C@H]1n1ccc(=O)[nH]c1=O)[C@H](n1cnc2c(N)ncnc21)O3. The first-order valence-corrected chi connectivity index (χ1v) is 15.2. The van der Waals surface area contributed by atoms with Crippen molar-refractivity contribution in [2.75, 3.05) is 26.1 Å². The van der Waals surface area contributed by atoms with Gasteiger partial charge in [-0.05, 0) is 0 Å². The third-order valence-corrected chi connectivity index (χ3v) is 8.78. The smallest absolute Gasteiger partial charge is 0.330 e. The van der Waals surface area contributed by atoms with E-state index in [1.165, 1.54) is 24.3 Å². The second kappa shape index (κ2) is 11.0. The van der Waals surface area contributed by atoms with Gasteiger partial charge in [0, 0.05) is 25.8 Å². The maximum absolute atomic E-state index is 13.0. The first-order chi connectivity index (χ1) is 19.9. The highest BCUT2D eigenvalue weighted by Crippen LogP contribution is 2.51. The van der Waals surface area contributed by atoms with Crippen LogP contribution in [0.5, 0.6) is 0 Å². The molecular formula is C20H23N7O13P2-2. The van der Waals surface area contributed by atoms with Gasteiger partial charge < -0.3 is 47.8 Å². The molecule has 3 fully saturated rings. The van der Waals surface area contributed by atoms with Crippen LogP contribution in [0, 0.1) is 0 Å². The van der Waals surface area contributed by atoms with Crippen LogP contribution in [0.3, 0.4) is 0 Å². The van der Waals surface area contributed by atoms with Gasteiger partial charge in [-0.15, -0.1) is 0 Å². The fourth-order valence-corrected chi connectivity index (χ4v) is 6.88. The van der Waals surface area contributed by atoms with E-state index in [4.69, 9.17) is 38.0 Å². The molecule has 9 atom stereocenters. The summed E-state index contributed by atoms with van der Waals surface area (Å²) >= 11 is 0. The number of nitrogens with one attached hydrogen (secondary N) is 1. The normalized spacial score (nSPS) is 37.5. The molecule has 228 valence electrons. The zero-order valence-electron chi connectivity index (χ0n) is 21.5. The molecule has 0 amide bonds. The summed E-state index contributed by atoms with van der Waals surface area (Å²) < 4.78 is 66.0. The number of phosphoric acid groups is 2. The summed E-state index contributed by atoms with van der Waals surface area (Å²) in [5.41, 5.74) is 4.68. The van der Waals surface area contributed by atoms with Crippen molar-refractivity contribution < 1.29 is 51.2 Å². The van der Waals surface area contributed by atoms with Crippen LogP contribution >= 0.6 is 15.6 Å². The average molecular weight is 631 g/mol. The number of phosphoric ester groups is 2. The van der Waals surface area contributed by atoms with Gasteiger partial charge in [-0.3, -0.25) is 28.0 Å². The molecule has 20 nitrogen and oxygen atoms in total. The first kappa shape index (κ1) is 29.2. The minimum atomic E-state index is -5.14. The Hall–Kier alpha value is -2.87. The lowest BCUT2D eigenvalue weighted by molar-refractivity contribution is -0.240. The Labute approximate surface area is 234 Å². The van der Waals surface area contributed by atoms with Crippen molar-refractivity contribution in [2.24, 2.45) is 0 Å². The number of methoxy groups -OCH3 is 1. The van der Waals surface area contributed by atoms with Crippen LogP contribution < -0.4 is 26.8 Å². The summed E-state index contributed by atoms with van der Waals surface area (Å²) in [7, 11) is -9.07. The Kier molecular flexibility index (Phi) is 7.65. The number of anilines is 1. The molecule has 3 N–H and O–H groups in total. The van der Waals surface area contributed by atoms with Gasteiger partial charge in [0.1, 0.15) is 36.3 Å². The molecule has 22 heteroatoms. The lowest BCUT2D eigenvalue weighted by Gasteiger charge is -2.32. The van der Waals surface area contributed by atoms with Crippen molar-refractivity contribution in [1.82, 2.24) is 29.1 Å².